The second-order valence-electron chi connectivity index (χ2n) is 7.05. The highest BCUT2D eigenvalue weighted by Gasteiger charge is 2.42. The van der Waals surface area contributed by atoms with Crippen molar-refractivity contribution in [3.63, 3.8) is 0 Å². The van der Waals surface area contributed by atoms with Crippen LogP contribution in [0.15, 0.2) is 29.3 Å². The van der Waals surface area contributed by atoms with E-state index in [0.717, 1.165) is 51.0 Å². The van der Waals surface area contributed by atoms with E-state index >= 15 is 0 Å². The molecule has 1 aromatic carbocycles. The first-order valence-electron chi connectivity index (χ1n) is 9.13. The van der Waals surface area contributed by atoms with Crippen molar-refractivity contribution in [2.24, 2.45) is 10.4 Å². The summed E-state index contributed by atoms with van der Waals surface area (Å²) in [5.74, 6) is 1.76. The van der Waals surface area contributed by atoms with Crippen LogP contribution in [0.4, 0.5) is 0 Å². The number of nitrogens with one attached hydrogen (secondary N) is 1. The van der Waals surface area contributed by atoms with Crippen molar-refractivity contribution < 1.29 is 9.47 Å². The molecule has 2 heterocycles. The Labute approximate surface area is 178 Å². The number of guanidine groups is 1. The summed E-state index contributed by atoms with van der Waals surface area (Å²) in [6, 6.07) is 7.49. The van der Waals surface area contributed by atoms with Gasteiger partial charge in [0.05, 0.1) is 13.2 Å². The predicted octanol–water partition coefficient (Wildman–Crippen LogP) is 3.80. The topological polar surface area (TPSA) is 46.1 Å². The zero-order chi connectivity index (χ0) is 17.7. The van der Waals surface area contributed by atoms with Crippen molar-refractivity contribution in [2.75, 3.05) is 39.4 Å². The highest BCUT2D eigenvalue weighted by Crippen LogP contribution is 2.38. The molecule has 7 heteroatoms. The molecule has 2 atom stereocenters. The average molecular weight is 494 g/mol. The summed E-state index contributed by atoms with van der Waals surface area (Å²) in [4.78, 5) is 7.17. The van der Waals surface area contributed by atoms with E-state index in [0.29, 0.717) is 17.0 Å². The number of likely N-dealkylation sites (tertiary alicyclic amines) is 1. The molecule has 2 unspecified atom stereocenters. The van der Waals surface area contributed by atoms with Crippen LogP contribution in [0.1, 0.15) is 26.7 Å². The number of rotatable bonds is 5. The smallest absolute Gasteiger partial charge is 0.194 e. The maximum Gasteiger partial charge on any atom is 0.194 e. The van der Waals surface area contributed by atoms with Gasteiger partial charge in [0.25, 0.3) is 0 Å². The third-order valence-corrected chi connectivity index (χ3v) is 5.12. The third kappa shape index (κ3) is 5.63. The van der Waals surface area contributed by atoms with Crippen molar-refractivity contribution in [1.82, 2.24) is 10.2 Å². The van der Waals surface area contributed by atoms with Crippen LogP contribution in [0, 0.1) is 5.41 Å². The highest BCUT2D eigenvalue weighted by atomic mass is 127. The molecular formula is C19H29ClIN3O2. The van der Waals surface area contributed by atoms with Crippen LogP contribution in [0.2, 0.25) is 5.02 Å². The molecule has 1 spiro atoms. The summed E-state index contributed by atoms with van der Waals surface area (Å²) < 4.78 is 11.5. The van der Waals surface area contributed by atoms with Gasteiger partial charge < -0.3 is 19.7 Å². The zero-order valence-electron chi connectivity index (χ0n) is 15.5. The monoisotopic (exact) mass is 493 g/mol. The van der Waals surface area contributed by atoms with E-state index in [1.54, 1.807) is 0 Å². The zero-order valence-corrected chi connectivity index (χ0v) is 18.6. The molecular weight excluding hydrogens is 465 g/mol. The van der Waals surface area contributed by atoms with E-state index in [1.807, 2.05) is 31.2 Å². The minimum Gasteiger partial charge on any atom is -0.489 e. The lowest BCUT2D eigenvalue weighted by Crippen LogP contribution is -2.42. The fraction of sp³-hybridized carbons (Fsp3) is 0.632. The molecule has 3 rings (SSSR count). The Morgan fingerprint density at radius 1 is 1.46 bits per heavy atom. The molecule has 1 aromatic rings. The van der Waals surface area contributed by atoms with Crippen LogP contribution in [0.5, 0.6) is 5.75 Å². The molecule has 0 saturated carbocycles. The van der Waals surface area contributed by atoms with Gasteiger partial charge in [0.1, 0.15) is 11.9 Å². The lowest BCUT2D eigenvalue weighted by molar-refractivity contribution is 0.156. The van der Waals surface area contributed by atoms with Crippen LogP contribution < -0.4 is 10.1 Å². The maximum absolute atomic E-state index is 6.01. The minimum absolute atomic E-state index is 0. The molecule has 26 heavy (non-hydrogen) atoms. The molecule has 1 N–H and O–H groups in total. The molecule has 2 aliphatic heterocycles. The van der Waals surface area contributed by atoms with Gasteiger partial charge >= 0.3 is 0 Å². The molecule has 0 bridgehead atoms. The van der Waals surface area contributed by atoms with Crippen LogP contribution in [-0.4, -0.2) is 56.4 Å². The lowest BCUT2D eigenvalue weighted by Gasteiger charge is -2.25. The summed E-state index contributed by atoms with van der Waals surface area (Å²) in [7, 11) is 0. The molecule has 0 radical (unpaired) electrons. The fourth-order valence-corrected chi connectivity index (χ4v) is 3.72. The van der Waals surface area contributed by atoms with Crippen molar-refractivity contribution in [3.8, 4) is 5.75 Å². The summed E-state index contributed by atoms with van der Waals surface area (Å²) in [6.07, 6.45) is 2.34. The van der Waals surface area contributed by atoms with E-state index in [9.17, 15) is 0 Å². The second-order valence-corrected chi connectivity index (χ2v) is 7.49. The van der Waals surface area contributed by atoms with Gasteiger partial charge in [0.2, 0.25) is 0 Å². The molecule has 0 amide bonds. The second kappa shape index (κ2) is 9.99. The number of hydrogen-bond donors (Lipinski definition) is 1. The summed E-state index contributed by atoms with van der Waals surface area (Å²) >= 11 is 6.01. The van der Waals surface area contributed by atoms with E-state index in [-0.39, 0.29) is 30.1 Å². The largest absolute Gasteiger partial charge is 0.489 e. The van der Waals surface area contributed by atoms with E-state index in [4.69, 9.17) is 26.1 Å². The summed E-state index contributed by atoms with van der Waals surface area (Å²) in [5.41, 5.74) is 0.332. The van der Waals surface area contributed by atoms with Gasteiger partial charge in [-0.1, -0.05) is 17.7 Å². The van der Waals surface area contributed by atoms with Gasteiger partial charge in [-0.3, -0.25) is 0 Å². The quantitative estimate of drug-likeness (QED) is 0.385. The van der Waals surface area contributed by atoms with E-state index < -0.39 is 0 Å². The Balaban J connectivity index is 0.00000243. The number of hydrogen-bond acceptors (Lipinski definition) is 3. The van der Waals surface area contributed by atoms with Crippen LogP contribution in [0.25, 0.3) is 0 Å². The first-order valence-corrected chi connectivity index (χ1v) is 9.51. The van der Waals surface area contributed by atoms with Crippen LogP contribution in [-0.2, 0) is 4.74 Å². The highest BCUT2D eigenvalue weighted by molar-refractivity contribution is 14.0. The van der Waals surface area contributed by atoms with Gasteiger partial charge in [-0.25, -0.2) is 4.99 Å². The standard InChI is InChI=1S/C19H28ClN3O2.HI/c1-3-21-18(23-9-7-19(13-23)8-10-24-14-19)22-12-15(2)25-17-6-4-5-16(20)11-17;/h4-6,11,15H,3,7-10,12-14H2,1-2H3,(H,21,22);1H. The SMILES string of the molecule is CCNC(=NCC(C)Oc1cccc(Cl)c1)N1CCC2(CCOC2)C1.I. The van der Waals surface area contributed by atoms with Crippen molar-refractivity contribution in [2.45, 2.75) is 32.8 Å². The molecule has 2 aliphatic rings. The fourth-order valence-electron chi connectivity index (χ4n) is 3.54. The van der Waals surface area contributed by atoms with Crippen LogP contribution in [0.3, 0.4) is 0 Å². The Hall–Kier alpha value is -0.730. The van der Waals surface area contributed by atoms with E-state index in [2.05, 4.69) is 17.1 Å². The van der Waals surface area contributed by atoms with Gasteiger partial charge in [-0.05, 0) is 44.9 Å². The van der Waals surface area contributed by atoms with Gasteiger partial charge in [0, 0.05) is 36.7 Å². The maximum atomic E-state index is 6.01. The number of halogens is 2. The number of nitrogens with zero attached hydrogens (tertiary/aromatic N) is 2. The van der Waals surface area contributed by atoms with Crippen molar-refractivity contribution in [3.05, 3.63) is 29.3 Å². The molecule has 0 aromatic heterocycles. The first kappa shape index (κ1) is 21.6. The molecule has 2 fully saturated rings. The number of benzene rings is 1. The van der Waals surface area contributed by atoms with Gasteiger partial charge in [-0.15, -0.1) is 24.0 Å². The lowest BCUT2D eigenvalue weighted by atomic mass is 9.87. The number of aliphatic imine (C=N–C) groups is 1. The van der Waals surface area contributed by atoms with Crippen molar-refractivity contribution >= 4 is 41.5 Å². The Morgan fingerprint density at radius 2 is 2.31 bits per heavy atom. The number of ether oxygens (including phenoxy) is 2. The summed E-state index contributed by atoms with van der Waals surface area (Å²) in [5, 5.41) is 4.10. The summed E-state index contributed by atoms with van der Waals surface area (Å²) in [6.45, 7) is 9.46. The normalized spacial score (nSPS) is 23.8. The van der Waals surface area contributed by atoms with Gasteiger partial charge in [-0.2, -0.15) is 0 Å². The Morgan fingerprint density at radius 3 is 3.00 bits per heavy atom. The third-order valence-electron chi connectivity index (χ3n) is 4.89. The van der Waals surface area contributed by atoms with Gasteiger partial charge in [0.15, 0.2) is 5.96 Å². The average Bonchev–Trinajstić information content (AvgIpc) is 3.22. The van der Waals surface area contributed by atoms with Crippen LogP contribution >= 0.6 is 35.6 Å². The molecule has 0 aliphatic carbocycles. The predicted molar refractivity (Wildman–Crippen MR) is 117 cm³/mol. The molecule has 2 saturated heterocycles. The Bertz CT molecular complexity index is 608. The molecule has 5 nitrogen and oxygen atoms in total. The Kier molecular flexibility index (Phi) is 8.29. The van der Waals surface area contributed by atoms with Crippen molar-refractivity contribution in [1.29, 1.82) is 0 Å². The minimum atomic E-state index is -0.0153. The van der Waals surface area contributed by atoms with E-state index in [1.165, 1.54) is 6.42 Å². The first-order chi connectivity index (χ1) is 12.1. The molecule has 146 valence electrons.